The maximum atomic E-state index is 11.1. The number of allylic oxidation sites excluding steroid dienone is 3. The summed E-state index contributed by atoms with van der Waals surface area (Å²) in [5.74, 6) is 0.128. The monoisotopic (exact) mass is 221 g/mol. The number of rotatable bonds is 2. The van der Waals surface area contributed by atoms with Crippen molar-refractivity contribution in [2.24, 2.45) is 0 Å². The Hall–Kier alpha value is -0.960. The summed E-state index contributed by atoms with van der Waals surface area (Å²) in [6, 6.07) is 0.468. The van der Waals surface area contributed by atoms with Crippen molar-refractivity contribution in [3.63, 3.8) is 0 Å². The summed E-state index contributed by atoms with van der Waals surface area (Å²) in [6.45, 7) is 4.70. The fraction of sp³-hybridized carbons (Fsp3) is 0.417. The van der Waals surface area contributed by atoms with Gasteiger partial charge in [0, 0.05) is 17.5 Å². The van der Waals surface area contributed by atoms with Crippen molar-refractivity contribution in [3.05, 3.63) is 34.2 Å². The number of carbonyl (C=O) groups is 1. The quantitative estimate of drug-likeness (QED) is 0.669. The van der Waals surface area contributed by atoms with E-state index in [9.17, 15) is 4.79 Å². The number of likely N-dealkylation sites (N-methyl/N-ethyl adjacent to an activating group) is 1. The van der Waals surface area contributed by atoms with Crippen LogP contribution in [0.2, 0.25) is 0 Å². The molecule has 3 heteroatoms. The first kappa shape index (κ1) is 10.6. The molecule has 0 aromatic heterocycles. The average Bonchev–Trinajstić information content (AvgIpc) is 2.53. The van der Waals surface area contributed by atoms with E-state index in [0.29, 0.717) is 6.04 Å². The second-order valence-corrected chi connectivity index (χ2v) is 4.82. The summed E-state index contributed by atoms with van der Waals surface area (Å²) >= 11 is 1.73. The molecule has 1 aliphatic heterocycles. The van der Waals surface area contributed by atoms with Gasteiger partial charge in [0.05, 0.1) is 11.1 Å². The highest BCUT2D eigenvalue weighted by atomic mass is 32.2. The molecular weight excluding hydrogens is 206 g/mol. The average molecular weight is 221 g/mol. The Morgan fingerprint density at radius 2 is 2.53 bits per heavy atom. The molecule has 0 radical (unpaired) electrons. The molecule has 2 nitrogen and oxygen atoms in total. The van der Waals surface area contributed by atoms with Gasteiger partial charge in [0.15, 0.2) is 5.78 Å². The number of thioether (sulfide) groups is 1. The standard InChI is InChI=1S/C12H15NOS/c1-3-13-10-6-4-5-7-11(10)15-12(13)8-9(2)14/h4-5,7-8,10H,3,6H2,1-2H3. The fourth-order valence-corrected chi connectivity index (χ4v) is 3.32. The maximum Gasteiger partial charge on any atom is 0.155 e. The zero-order valence-corrected chi connectivity index (χ0v) is 9.88. The topological polar surface area (TPSA) is 20.3 Å². The van der Waals surface area contributed by atoms with E-state index in [1.54, 1.807) is 24.8 Å². The molecule has 1 saturated heterocycles. The van der Waals surface area contributed by atoms with Gasteiger partial charge in [-0.25, -0.2) is 0 Å². The van der Waals surface area contributed by atoms with Crippen molar-refractivity contribution in [2.45, 2.75) is 26.3 Å². The molecule has 1 unspecified atom stereocenters. The Bertz CT molecular complexity index is 368. The molecule has 15 heavy (non-hydrogen) atoms. The predicted molar refractivity (Wildman–Crippen MR) is 64.4 cm³/mol. The van der Waals surface area contributed by atoms with Crippen LogP contribution in [0.5, 0.6) is 0 Å². The number of carbonyl (C=O) groups excluding carboxylic acids is 1. The van der Waals surface area contributed by atoms with Crippen LogP contribution in [0.4, 0.5) is 0 Å². The van der Waals surface area contributed by atoms with E-state index in [4.69, 9.17) is 0 Å². The van der Waals surface area contributed by atoms with Crippen LogP contribution >= 0.6 is 11.8 Å². The van der Waals surface area contributed by atoms with Crippen LogP contribution in [0, 0.1) is 0 Å². The molecule has 1 fully saturated rings. The third-order valence-corrected chi connectivity index (χ3v) is 3.84. The van der Waals surface area contributed by atoms with Crippen molar-refractivity contribution in [3.8, 4) is 0 Å². The molecule has 0 amide bonds. The summed E-state index contributed by atoms with van der Waals surface area (Å²) in [4.78, 5) is 14.8. The highest BCUT2D eigenvalue weighted by Gasteiger charge is 2.32. The van der Waals surface area contributed by atoms with Crippen LogP contribution in [-0.2, 0) is 4.79 Å². The van der Waals surface area contributed by atoms with Crippen molar-refractivity contribution in [1.29, 1.82) is 0 Å². The van der Waals surface area contributed by atoms with Gasteiger partial charge in [0.1, 0.15) is 0 Å². The highest BCUT2D eigenvalue weighted by molar-refractivity contribution is 8.07. The number of hydrogen-bond donors (Lipinski definition) is 0. The summed E-state index contributed by atoms with van der Waals surface area (Å²) in [6.07, 6.45) is 9.25. The molecule has 1 heterocycles. The van der Waals surface area contributed by atoms with E-state index >= 15 is 0 Å². The van der Waals surface area contributed by atoms with E-state index in [-0.39, 0.29) is 5.78 Å². The Morgan fingerprint density at radius 3 is 3.20 bits per heavy atom. The minimum absolute atomic E-state index is 0.128. The molecule has 0 spiro atoms. The SMILES string of the molecule is CCN1C(=CC(C)=O)SC2=CC=CCC21. The van der Waals surface area contributed by atoms with Gasteiger partial charge in [-0.3, -0.25) is 4.79 Å². The Morgan fingerprint density at radius 1 is 1.73 bits per heavy atom. The van der Waals surface area contributed by atoms with E-state index in [1.165, 1.54) is 4.91 Å². The molecule has 2 rings (SSSR count). The van der Waals surface area contributed by atoms with E-state index < -0.39 is 0 Å². The lowest BCUT2D eigenvalue weighted by Gasteiger charge is -2.25. The minimum Gasteiger partial charge on any atom is -0.358 e. The lowest BCUT2D eigenvalue weighted by atomic mass is 10.1. The predicted octanol–water partition coefficient (Wildman–Crippen LogP) is 2.70. The van der Waals surface area contributed by atoms with Gasteiger partial charge < -0.3 is 4.90 Å². The number of nitrogens with zero attached hydrogens (tertiary/aromatic N) is 1. The largest absolute Gasteiger partial charge is 0.358 e. The molecule has 0 bridgehead atoms. The van der Waals surface area contributed by atoms with Crippen LogP contribution in [0.3, 0.4) is 0 Å². The molecular formula is C12H15NOS. The van der Waals surface area contributed by atoms with Gasteiger partial charge in [-0.1, -0.05) is 30.0 Å². The molecule has 2 aliphatic rings. The lowest BCUT2D eigenvalue weighted by molar-refractivity contribution is -0.112. The van der Waals surface area contributed by atoms with Crippen LogP contribution in [0.15, 0.2) is 34.2 Å². The molecule has 80 valence electrons. The molecule has 1 aliphatic carbocycles. The van der Waals surface area contributed by atoms with E-state index in [2.05, 4.69) is 30.1 Å². The highest BCUT2D eigenvalue weighted by Crippen LogP contribution is 2.44. The van der Waals surface area contributed by atoms with Gasteiger partial charge in [0.25, 0.3) is 0 Å². The summed E-state index contributed by atoms with van der Waals surface area (Å²) in [5, 5.41) is 1.10. The number of hydrogen-bond acceptors (Lipinski definition) is 3. The summed E-state index contributed by atoms with van der Waals surface area (Å²) in [7, 11) is 0. The minimum atomic E-state index is 0.128. The molecule has 0 aromatic carbocycles. The third-order valence-electron chi connectivity index (χ3n) is 2.63. The van der Waals surface area contributed by atoms with Crippen LogP contribution in [-0.4, -0.2) is 23.3 Å². The molecule has 1 atom stereocenters. The van der Waals surface area contributed by atoms with Crippen molar-refractivity contribution in [1.82, 2.24) is 4.90 Å². The third kappa shape index (κ3) is 2.02. The van der Waals surface area contributed by atoms with Crippen LogP contribution in [0.1, 0.15) is 20.3 Å². The normalized spacial score (nSPS) is 26.8. The summed E-state index contributed by atoms with van der Waals surface area (Å²) < 4.78 is 0. The smallest absolute Gasteiger partial charge is 0.155 e. The zero-order valence-electron chi connectivity index (χ0n) is 9.06. The molecule has 0 saturated carbocycles. The van der Waals surface area contributed by atoms with Crippen molar-refractivity contribution >= 4 is 17.5 Å². The van der Waals surface area contributed by atoms with Gasteiger partial charge in [-0.05, 0) is 20.3 Å². The maximum absolute atomic E-state index is 11.1. The first-order valence-corrected chi connectivity index (χ1v) is 6.07. The number of fused-ring (bicyclic) bond motifs is 1. The van der Waals surface area contributed by atoms with Gasteiger partial charge in [0.2, 0.25) is 0 Å². The lowest BCUT2D eigenvalue weighted by Crippen LogP contribution is -2.29. The number of ketones is 1. The van der Waals surface area contributed by atoms with Gasteiger partial charge in [-0.15, -0.1) is 0 Å². The Balaban J connectivity index is 2.27. The molecule has 0 aromatic rings. The van der Waals surface area contributed by atoms with Gasteiger partial charge in [-0.2, -0.15) is 0 Å². The Kier molecular flexibility index (Phi) is 3.00. The van der Waals surface area contributed by atoms with Crippen molar-refractivity contribution in [2.75, 3.05) is 6.54 Å². The summed E-state index contributed by atoms with van der Waals surface area (Å²) in [5.41, 5.74) is 0. The van der Waals surface area contributed by atoms with E-state index in [1.807, 2.05) is 0 Å². The zero-order chi connectivity index (χ0) is 10.8. The second kappa shape index (κ2) is 4.27. The van der Waals surface area contributed by atoms with E-state index in [0.717, 1.165) is 18.0 Å². The van der Waals surface area contributed by atoms with Crippen LogP contribution in [0.25, 0.3) is 0 Å². The molecule has 0 N–H and O–H groups in total. The Labute approximate surface area is 94.7 Å². The first-order chi connectivity index (χ1) is 7.22. The van der Waals surface area contributed by atoms with Crippen molar-refractivity contribution < 1.29 is 4.79 Å². The first-order valence-electron chi connectivity index (χ1n) is 5.26. The van der Waals surface area contributed by atoms with Crippen LogP contribution < -0.4 is 0 Å². The van der Waals surface area contributed by atoms with Gasteiger partial charge >= 0.3 is 0 Å². The second-order valence-electron chi connectivity index (χ2n) is 3.73. The fourth-order valence-electron chi connectivity index (χ4n) is 1.98.